The number of ether oxygens (including phenoxy) is 2. The molecule has 8 nitrogen and oxygen atoms in total. The first-order valence-corrected chi connectivity index (χ1v) is 11.0. The summed E-state index contributed by atoms with van der Waals surface area (Å²) in [4.78, 5) is 11.3. The molecule has 5 rings (SSSR count). The van der Waals surface area contributed by atoms with E-state index in [9.17, 15) is 0 Å². The van der Waals surface area contributed by atoms with Crippen LogP contribution in [0.3, 0.4) is 0 Å². The third-order valence-electron chi connectivity index (χ3n) is 5.40. The lowest BCUT2D eigenvalue weighted by atomic mass is 10.1. The van der Waals surface area contributed by atoms with Crippen molar-refractivity contribution in [3.63, 3.8) is 0 Å². The highest BCUT2D eigenvalue weighted by Gasteiger charge is 2.11. The summed E-state index contributed by atoms with van der Waals surface area (Å²) in [6.07, 6.45) is 3.45. The van der Waals surface area contributed by atoms with Crippen molar-refractivity contribution in [2.75, 3.05) is 39.5 Å². The topological polar surface area (TPSA) is 78.2 Å². The van der Waals surface area contributed by atoms with E-state index >= 15 is 0 Å². The molecule has 2 aromatic heterocycles. The summed E-state index contributed by atoms with van der Waals surface area (Å²) in [5.74, 6) is 1.33. The smallest absolute Gasteiger partial charge is 0.159 e. The van der Waals surface area contributed by atoms with Gasteiger partial charge in [-0.05, 0) is 29.8 Å². The van der Waals surface area contributed by atoms with Crippen LogP contribution in [0, 0.1) is 0 Å². The average Bonchev–Trinajstić information content (AvgIpc) is 3.22. The Morgan fingerprint density at radius 2 is 1.88 bits per heavy atom. The summed E-state index contributed by atoms with van der Waals surface area (Å²) in [6, 6.07) is 13.7. The van der Waals surface area contributed by atoms with Crippen LogP contribution in [0.1, 0.15) is 5.56 Å². The van der Waals surface area contributed by atoms with Crippen LogP contribution in [0.5, 0.6) is 5.75 Å². The van der Waals surface area contributed by atoms with E-state index in [1.165, 1.54) is 0 Å². The fourth-order valence-electron chi connectivity index (χ4n) is 3.70. The Morgan fingerprint density at radius 1 is 1.03 bits per heavy atom. The molecule has 0 bridgehead atoms. The first-order valence-electron chi connectivity index (χ1n) is 10.6. The minimum absolute atomic E-state index is 0.592. The minimum Gasteiger partial charge on any atom is -0.489 e. The molecule has 1 saturated heterocycles. The van der Waals surface area contributed by atoms with Crippen molar-refractivity contribution in [3.8, 4) is 17.1 Å². The summed E-state index contributed by atoms with van der Waals surface area (Å²) in [7, 11) is 0. The largest absolute Gasteiger partial charge is 0.489 e. The number of nitrogens with zero attached hydrogens (tertiary/aromatic N) is 6. The number of benzene rings is 2. The van der Waals surface area contributed by atoms with E-state index in [2.05, 4.69) is 37.3 Å². The van der Waals surface area contributed by atoms with Gasteiger partial charge < -0.3 is 9.47 Å². The maximum Gasteiger partial charge on any atom is 0.159 e. The first-order chi connectivity index (χ1) is 15.7. The van der Waals surface area contributed by atoms with Crippen molar-refractivity contribution in [1.29, 1.82) is 0 Å². The van der Waals surface area contributed by atoms with Gasteiger partial charge in [0.25, 0.3) is 0 Å². The molecule has 3 heterocycles. The zero-order valence-corrected chi connectivity index (χ0v) is 18.3. The molecule has 32 heavy (non-hydrogen) atoms. The second-order valence-electron chi connectivity index (χ2n) is 7.63. The summed E-state index contributed by atoms with van der Waals surface area (Å²) >= 11 is 6.04. The summed E-state index contributed by atoms with van der Waals surface area (Å²) in [6.45, 7) is 5.55. The third-order valence-corrected chi connectivity index (χ3v) is 5.64. The highest BCUT2D eigenvalue weighted by atomic mass is 35.5. The fourth-order valence-corrected chi connectivity index (χ4v) is 3.87. The SMILES string of the molecule is Clc1ccc2c(c1)nnn2Cc1cccc(-c2ncc(OCCN3CCOCC3)cn2)c1. The van der Waals surface area contributed by atoms with Crippen LogP contribution in [0.25, 0.3) is 22.4 Å². The quantitative estimate of drug-likeness (QED) is 0.427. The Labute approximate surface area is 190 Å². The van der Waals surface area contributed by atoms with Gasteiger partial charge in [0.2, 0.25) is 0 Å². The van der Waals surface area contributed by atoms with Crippen molar-refractivity contribution in [3.05, 3.63) is 65.4 Å². The summed E-state index contributed by atoms with van der Waals surface area (Å²) < 4.78 is 13.0. The number of hydrogen-bond acceptors (Lipinski definition) is 7. The molecule has 164 valence electrons. The normalized spacial score (nSPS) is 14.7. The van der Waals surface area contributed by atoms with Crippen molar-refractivity contribution in [2.45, 2.75) is 6.54 Å². The number of halogens is 1. The van der Waals surface area contributed by atoms with Crippen molar-refractivity contribution < 1.29 is 9.47 Å². The number of fused-ring (bicyclic) bond motifs is 1. The van der Waals surface area contributed by atoms with Gasteiger partial charge >= 0.3 is 0 Å². The molecule has 0 N–H and O–H groups in total. The van der Waals surface area contributed by atoms with Crippen LogP contribution in [0.15, 0.2) is 54.9 Å². The second-order valence-corrected chi connectivity index (χ2v) is 8.06. The number of hydrogen-bond donors (Lipinski definition) is 0. The molecule has 4 aromatic rings. The minimum atomic E-state index is 0.592. The van der Waals surface area contributed by atoms with Gasteiger partial charge in [-0.1, -0.05) is 35.0 Å². The molecule has 2 aromatic carbocycles. The lowest BCUT2D eigenvalue weighted by Crippen LogP contribution is -2.38. The zero-order chi connectivity index (χ0) is 21.8. The molecular weight excluding hydrogens is 428 g/mol. The lowest BCUT2D eigenvalue weighted by molar-refractivity contribution is 0.0322. The molecule has 0 aliphatic carbocycles. The van der Waals surface area contributed by atoms with Gasteiger partial charge in [-0.2, -0.15) is 0 Å². The maximum atomic E-state index is 6.04. The molecule has 0 amide bonds. The Bertz CT molecular complexity index is 1190. The standard InChI is InChI=1S/C23H23ClN6O2/c24-19-4-5-22-21(13-19)27-28-30(22)16-17-2-1-3-18(12-17)23-25-14-20(15-26-23)32-11-8-29-6-9-31-10-7-29/h1-5,12-15H,6-11,16H2. The monoisotopic (exact) mass is 450 g/mol. The van der Waals surface area contributed by atoms with Crippen LogP contribution in [-0.4, -0.2) is 69.3 Å². The highest BCUT2D eigenvalue weighted by Crippen LogP contribution is 2.21. The van der Waals surface area contributed by atoms with Gasteiger partial charge in [-0.25, -0.2) is 14.6 Å². The van der Waals surface area contributed by atoms with E-state index in [0.717, 1.165) is 55.0 Å². The summed E-state index contributed by atoms with van der Waals surface area (Å²) in [5.41, 5.74) is 3.74. The maximum absolute atomic E-state index is 6.04. The Kier molecular flexibility index (Phi) is 6.24. The lowest BCUT2D eigenvalue weighted by Gasteiger charge is -2.26. The van der Waals surface area contributed by atoms with Gasteiger partial charge in [-0.15, -0.1) is 5.10 Å². The van der Waals surface area contributed by atoms with Crippen molar-refractivity contribution >= 4 is 22.6 Å². The second kappa shape index (κ2) is 9.60. The predicted octanol–water partition coefficient (Wildman–Crippen LogP) is 3.30. The summed E-state index contributed by atoms with van der Waals surface area (Å²) in [5, 5.41) is 9.11. The number of rotatable bonds is 7. The van der Waals surface area contributed by atoms with Gasteiger partial charge in [-0.3, -0.25) is 4.90 Å². The van der Waals surface area contributed by atoms with Gasteiger partial charge in [0, 0.05) is 30.2 Å². The van der Waals surface area contributed by atoms with Crippen LogP contribution < -0.4 is 4.74 Å². The number of aromatic nitrogens is 5. The van der Waals surface area contributed by atoms with Gasteiger partial charge in [0.05, 0.1) is 37.7 Å². The van der Waals surface area contributed by atoms with Crippen molar-refractivity contribution in [2.24, 2.45) is 0 Å². The predicted molar refractivity (Wildman–Crippen MR) is 122 cm³/mol. The molecule has 1 aliphatic rings. The Morgan fingerprint density at radius 3 is 2.72 bits per heavy atom. The molecule has 0 radical (unpaired) electrons. The molecule has 0 atom stereocenters. The molecule has 0 saturated carbocycles. The van der Waals surface area contributed by atoms with Crippen LogP contribution in [-0.2, 0) is 11.3 Å². The third kappa shape index (κ3) is 4.88. The van der Waals surface area contributed by atoms with Crippen LogP contribution in [0.2, 0.25) is 5.02 Å². The van der Waals surface area contributed by atoms with E-state index in [4.69, 9.17) is 21.1 Å². The Balaban J connectivity index is 1.23. The molecule has 1 fully saturated rings. The van der Waals surface area contributed by atoms with E-state index in [0.29, 0.717) is 29.7 Å². The van der Waals surface area contributed by atoms with E-state index < -0.39 is 0 Å². The van der Waals surface area contributed by atoms with Gasteiger partial charge in [0.15, 0.2) is 11.6 Å². The van der Waals surface area contributed by atoms with Gasteiger partial charge in [0.1, 0.15) is 12.1 Å². The van der Waals surface area contributed by atoms with Crippen LogP contribution >= 0.6 is 11.6 Å². The average molecular weight is 451 g/mol. The molecule has 0 unspecified atom stereocenters. The van der Waals surface area contributed by atoms with Crippen LogP contribution in [0.4, 0.5) is 0 Å². The highest BCUT2D eigenvalue weighted by molar-refractivity contribution is 6.31. The number of morpholine rings is 1. The Hall–Kier alpha value is -3.07. The fraction of sp³-hybridized carbons (Fsp3) is 0.304. The van der Waals surface area contributed by atoms with E-state index in [1.54, 1.807) is 12.4 Å². The zero-order valence-electron chi connectivity index (χ0n) is 17.5. The van der Waals surface area contributed by atoms with E-state index in [1.807, 2.05) is 35.0 Å². The molecule has 1 aliphatic heterocycles. The molecule has 9 heteroatoms. The van der Waals surface area contributed by atoms with Crippen molar-refractivity contribution in [1.82, 2.24) is 29.9 Å². The first kappa shape index (κ1) is 20.8. The molecule has 0 spiro atoms. The van der Waals surface area contributed by atoms with E-state index in [-0.39, 0.29) is 0 Å². The molecular formula is C23H23ClN6O2.